The van der Waals surface area contributed by atoms with E-state index in [1.54, 1.807) is 11.8 Å². The Kier molecular flexibility index (Phi) is 3.00. The minimum Gasteiger partial charge on any atom is -0.396 e. The molecule has 0 fully saturated rings. The summed E-state index contributed by atoms with van der Waals surface area (Å²) >= 11 is 1.66. The topological polar surface area (TPSA) is 38.9 Å². The van der Waals surface area contributed by atoms with Crippen LogP contribution in [0.25, 0.3) is 0 Å². The quantitative estimate of drug-likeness (QED) is 0.892. The van der Waals surface area contributed by atoms with Gasteiger partial charge in [0, 0.05) is 11.1 Å². The van der Waals surface area contributed by atoms with E-state index in [9.17, 15) is 0 Å². The number of nitrogens with zero attached hydrogens (tertiary/aromatic N) is 1. The lowest BCUT2D eigenvalue weighted by atomic mass is 10.1. The molecule has 1 aliphatic rings. The minimum absolute atomic E-state index is 0.794. The third-order valence-electron chi connectivity index (χ3n) is 3.46. The van der Waals surface area contributed by atoms with Crippen molar-refractivity contribution in [2.24, 2.45) is 0 Å². The molecule has 0 atom stereocenters. The number of benzene rings is 1. The number of nitrogens with two attached hydrogens (primary N) is 1. The molecule has 1 aromatic heterocycles. The van der Waals surface area contributed by atoms with E-state index >= 15 is 0 Å². The summed E-state index contributed by atoms with van der Waals surface area (Å²) in [5, 5.41) is 0.910. The number of hydrogen-bond acceptors (Lipinski definition) is 3. The molecule has 1 aliphatic carbocycles. The number of rotatable bonds is 2. The highest BCUT2D eigenvalue weighted by Crippen LogP contribution is 2.34. The van der Waals surface area contributed by atoms with Crippen LogP contribution in [0.2, 0.25) is 0 Å². The maximum absolute atomic E-state index is 6.06. The van der Waals surface area contributed by atoms with Crippen molar-refractivity contribution >= 4 is 17.4 Å². The van der Waals surface area contributed by atoms with Gasteiger partial charge in [0.05, 0.1) is 5.69 Å². The molecule has 3 rings (SSSR count). The summed E-state index contributed by atoms with van der Waals surface area (Å²) in [4.78, 5) is 5.60. The zero-order valence-corrected chi connectivity index (χ0v) is 11.3. The Morgan fingerprint density at radius 2 is 2.00 bits per heavy atom. The number of fused-ring (bicyclic) bond motifs is 1. The number of aryl methyl sites for hydroxylation is 3. The molecule has 0 unspecified atom stereocenters. The fourth-order valence-corrected chi connectivity index (χ4v) is 3.29. The van der Waals surface area contributed by atoms with E-state index in [0.717, 1.165) is 16.3 Å². The van der Waals surface area contributed by atoms with Crippen molar-refractivity contribution in [1.82, 2.24) is 4.98 Å². The molecule has 18 heavy (non-hydrogen) atoms. The molecule has 1 heterocycles. The molecule has 3 heteroatoms. The molecule has 0 amide bonds. The van der Waals surface area contributed by atoms with Crippen LogP contribution in [-0.4, -0.2) is 4.98 Å². The van der Waals surface area contributed by atoms with Gasteiger partial charge in [-0.1, -0.05) is 17.8 Å². The van der Waals surface area contributed by atoms with Crippen LogP contribution in [0.5, 0.6) is 0 Å². The monoisotopic (exact) mass is 256 g/mol. The van der Waals surface area contributed by atoms with E-state index in [1.807, 2.05) is 19.2 Å². The third kappa shape index (κ3) is 2.10. The largest absolute Gasteiger partial charge is 0.396 e. The average molecular weight is 256 g/mol. The summed E-state index contributed by atoms with van der Waals surface area (Å²) in [6.45, 7) is 2.02. The summed E-state index contributed by atoms with van der Waals surface area (Å²) in [5.74, 6) is 0. The predicted octanol–water partition coefficient (Wildman–Crippen LogP) is 3.61. The summed E-state index contributed by atoms with van der Waals surface area (Å²) in [6.07, 6.45) is 5.54. The number of hydrogen-bond donors (Lipinski definition) is 1. The van der Waals surface area contributed by atoms with Crippen LogP contribution in [0.15, 0.2) is 40.4 Å². The fourth-order valence-electron chi connectivity index (χ4n) is 2.35. The van der Waals surface area contributed by atoms with Gasteiger partial charge in [-0.05, 0) is 61.1 Å². The summed E-state index contributed by atoms with van der Waals surface area (Å²) in [7, 11) is 0. The van der Waals surface area contributed by atoms with E-state index in [0.29, 0.717) is 0 Å². The predicted molar refractivity (Wildman–Crippen MR) is 76.0 cm³/mol. The molecular weight excluding hydrogens is 240 g/mol. The first-order chi connectivity index (χ1) is 8.74. The zero-order valence-electron chi connectivity index (χ0n) is 10.4. The summed E-state index contributed by atoms with van der Waals surface area (Å²) in [6, 6.07) is 8.66. The Morgan fingerprint density at radius 3 is 2.89 bits per heavy atom. The van der Waals surface area contributed by atoms with Crippen molar-refractivity contribution < 1.29 is 0 Å². The number of pyridine rings is 1. The molecule has 2 N–H and O–H groups in total. The van der Waals surface area contributed by atoms with Gasteiger partial charge in [0.1, 0.15) is 5.03 Å². The maximum Gasteiger partial charge on any atom is 0.124 e. The van der Waals surface area contributed by atoms with Crippen molar-refractivity contribution in [2.75, 3.05) is 5.73 Å². The first-order valence-corrected chi connectivity index (χ1v) is 7.06. The Bertz CT molecular complexity index is 593. The number of aromatic nitrogens is 1. The van der Waals surface area contributed by atoms with Gasteiger partial charge in [-0.2, -0.15) is 0 Å². The molecule has 0 spiro atoms. The van der Waals surface area contributed by atoms with Crippen molar-refractivity contribution in [2.45, 2.75) is 36.1 Å². The van der Waals surface area contributed by atoms with Crippen molar-refractivity contribution in [3.05, 3.63) is 47.2 Å². The summed E-state index contributed by atoms with van der Waals surface area (Å²) < 4.78 is 0. The number of anilines is 1. The van der Waals surface area contributed by atoms with Crippen molar-refractivity contribution in [1.29, 1.82) is 0 Å². The fraction of sp³-hybridized carbons (Fsp3) is 0.267. The highest BCUT2D eigenvalue weighted by molar-refractivity contribution is 7.99. The van der Waals surface area contributed by atoms with Crippen LogP contribution in [0.1, 0.15) is 23.1 Å². The van der Waals surface area contributed by atoms with Gasteiger partial charge in [0.2, 0.25) is 0 Å². The Balaban J connectivity index is 1.90. The second-order valence-corrected chi connectivity index (χ2v) is 5.80. The second kappa shape index (κ2) is 4.65. The van der Waals surface area contributed by atoms with E-state index in [1.165, 1.54) is 35.3 Å². The van der Waals surface area contributed by atoms with Gasteiger partial charge in [-0.25, -0.2) is 4.98 Å². The molecule has 0 aliphatic heterocycles. The molecule has 1 aromatic carbocycles. The lowest BCUT2D eigenvalue weighted by Crippen LogP contribution is -1.94. The van der Waals surface area contributed by atoms with Gasteiger partial charge in [-0.3, -0.25) is 0 Å². The van der Waals surface area contributed by atoms with Crippen LogP contribution in [0, 0.1) is 6.92 Å². The first-order valence-electron chi connectivity index (χ1n) is 6.25. The molecule has 2 nitrogen and oxygen atoms in total. The van der Waals surface area contributed by atoms with Gasteiger partial charge in [0.15, 0.2) is 0 Å². The van der Waals surface area contributed by atoms with Crippen LogP contribution in [0.3, 0.4) is 0 Å². The van der Waals surface area contributed by atoms with Gasteiger partial charge >= 0.3 is 0 Å². The molecule has 2 aromatic rings. The van der Waals surface area contributed by atoms with Crippen LogP contribution in [0.4, 0.5) is 5.69 Å². The van der Waals surface area contributed by atoms with Crippen LogP contribution >= 0.6 is 11.8 Å². The number of nitrogen functional groups attached to an aromatic ring is 1. The van der Waals surface area contributed by atoms with Crippen LogP contribution in [-0.2, 0) is 12.8 Å². The highest BCUT2D eigenvalue weighted by atomic mass is 32.2. The smallest absolute Gasteiger partial charge is 0.124 e. The second-order valence-electron chi connectivity index (χ2n) is 4.73. The van der Waals surface area contributed by atoms with Gasteiger partial charge < -0.3 is 5.73 Å². The van der Waals surface area contributed by atoms with Crippen molar-refractivity contribution in [3.63, 3.8) is 0 Å². The highest BCUT2D eigenvalue weighted by Gasteiger charge is 2.12. The SMILES string of the molecule is Cc1ccnc(Sc2ccc3c(c2)CCC3)c1N. The molecule has 0 saturated carbocycles. The van der Waals surface area contributed by atoms with Gasteiger partial charge in [0.25, 0.3) is 0 Å². The lowest BCUT2D eigenvalue weighted by molar-refractivity contribution is 0.911. The molecule has 92 valence electrons. The average Bonchev–Trinajstić information content (AvgIpc) is 2.82. The Labute approximate surface area is 112 Å². The normalized spacial score (nSPS) is 13.6. The van der Waals surface area contributed by atoms with E-state index in [4.69, 9.17) is 5.73 Å². The van der Waals surface area contributed by atoms with Crippen molar-refractivity contribution in [3.8, 4) is 0 Å². The maximum atomic E-state index is 6.06. The standard InChI is InChI=1S/C15H16N2S/c1-10-7-8-17-15(14(10)16)18-13-6-5-11-3-2-4-12(11)9-13/h5-9H,2-4,16H2,1H3. The first kappa shape index (κ1) is 11.6. The van der Waals surface area contributed by atoms with Gasteiger partial charge in [-0.15, -0.1) is 0 Å². The Morgan fingerprint density at radius 1 is 1.17 bits per heavy atom. The summed E-state index contributed by atoms with van der Waals surface area (Å²) in [5.41, 5.74) is 10.9. The van der Waals surface area contributed by atoms with E-state index < -0.39 is 0 Å². The minimum atomic E-state index is 0.794. The molecule has 0 bridgehead atoms. The van der Waals surface area contributed by atoms with Crippen LogP contribution < -0.4 is 5.73 Å². The zero-order chi connectivity index (χ0) is 12.5. The van der Waals surface area contributed by atoms with E-state index in [-0.39, 0.29) is 0 Å². The molecule has 0 radical (unpaired) electrons. The van der Waals surface area contributed by atoms with E-state index in [2.05, 4.69) is 23.2 Å². The lowest BCUT2D eigenvalue weighted by Gasteiger charge is -2.08. The Hall–Kier alpha value is -1.48. The molecule has 0 saturated heterocycles. The molecular formula is C15H16N2S. The third-order valence-corrected chi connectivity index (χ3v) is 4.46.